The molecule has 0 saturated heterocycles. The molecule has 3 nitrogen and oxygen atoms in total. The van der Waals surface area contributed by atoms with Gasteiger partial charge < -0.3 is 0 Å². The van der Waals surface area contributed by atoms with Crippen LogP contribution in [0.4, 0.5) is 0 Å². The van der Waals surface area contributed by atoms with Crippen LogP contribution in [0.25, 0.3) is 5.52 Å². The molecule has 0 N–H and O–H groups in total. The van der Waals surface area contributed by atoms with E-state index >= 15 is 0 Å². The summed E-state index contributed by atoms with van der Waals surface area (Å²) in [5.41, 5.74) is 2.27. The first-order valence-corrected chi connectivity index (χ1v) is 3.13. The van der Waals surface area contributed by atoms with Gasteiger partial charge in [-0.1, -0.05) is 0 Å². The zero-order valence-electron chi connectivity index (χ0n) is 5.65. The van der Waals surface area contributed by atoms with Crippen molar-refractivity contribution in [2.75, 3.05) is 0 Å². The Kier molecular flexibility index (Phi) is 0.974. The van der Waals surface area contributed by atoms with Crippen molar-refractivity contribution in [3.63, 3.8) is 0 Å². The third kappa shape index (κ3) is 0.603. The lowest BCUT2D eigenvalue weighted by Crippen LogP contribution is -1.92. The zero-order valence-corrected chi connectivity index (χ0v) is 5.65. The van der Waals surface area contributed by atoms with Gasteiger partial charge >= 0.3 is 0 Å². The van der Waals surface area contributed by atoms with E-state index in [-0.39, 0.29) is 0 Å². The summed E-state index contributed by atoms with van der Waals surface area (Å²) in [6.07, 6.45) is 3.49. The van der Waals surface area contributed by atoms with Crippen molar-refractivity contribution in [2.45, 2.75) is 6.92 Å². The van der Waals surface area contributed by atoms with Crippen LogP contribution in [0.5, 0.6) is 0 Å². The van der Waals surface area contributed by atoms with Crippen LogP contribution in [0.2, 0.25) is 0 Å². The van der Waals surface area contributed by atoms with Gasteiger partial charge in [0.05, 0.1) is 11.7 Å². The van der Waals surface area contributed by atoms with Gasteiger partial charge in [-0.25, -0.2) is 0 Å². The molecule has 2 aromatic rings. The van der Waals surface area contributed by atoms with E-state index in [1.807, 2.05) is 19.1 Å². The van der Waals surface area contributed by atoms with E-state index in [0.29, 0.717) is 0 Å². The van der Waals surface area contributed by atoms with E-state index in [9.17, 15) is 0 Å². The Labute approximate surface area is 58.3 Å². The molecule has 0 spiro atoms. The van der Waals surface area contributed by atoms with E-state index in [0.717, 1.165) is 5.52 Å². The molecule has 10 heavy (non-hydrogen) atoms. The van der Waals surface area contributed by atoms with Gasteiger partial charge in [0, 0.05) is 6.20 Å². The topological polar surface area (TPSA) is 30.2 Å². The van der Waals surface area contributed by atoms with Crippen LogP contribution in [0.3, 0.4) is 0 Å². The first-order chi connectivity index (χ1) is 4.88. The summed E-state index contributed by atoms with van der Waals surface area (Å²) < 4.78 is 1.62. The Balaban J connectivity index is 2.95. The lowest BCUT2D eigenvalue weighted by molar-refractivity contribution is 0.796. The van der Waals surface area contributed by atoms with Crippen LogP contribution in [-0.2, 0) is 0 Å². The fraction of sp³-hybridized carbons (Fsp3) is 0.143. The van der Waals surface area contributed by atoms with Crippen LogP contribution in [0, 0.1) is 6.92 Å². The molecule has 0 saturated carbocycles. The van der Waals surface area contributed by atoms with Crippen LogP contribution in [0.1, 0.15) is 5.56 Å². The summed E-state index contributed by atoms with van der Waals surface area (Å²) in [6, 6.07) is 3.92. The molecule has 0 radical (unpaired) electrons. The van der Waals surface area contributed by atoms with Crippen molar-refractivity contribution in [2.24, 2.45) is 0 Å². The van der Waals surface area contributed by atoms with Gasteiger partial charge in [0.15, 0.2) is 0 Å². The summed E-state index contributed by atoms with van der Waals surface area (Å²) in [7, 11) is 0. The molecule has 0 atom stereocenters. The number of aryl methyl sites for hydroxylation is 1. The molecule has 3 heteroatoms. The van der Waals surface area contributed by atoms with Crippen LogP contribution >= 0.6 is 0 Å². The highest BCUT2D eigenvalue weighted by Gasteiger charge is 1.94. The highest BCUT2D eigenvalue weighted by molar-refractivity contribution is 5.50. The number of nitrogens with zero attached hydrogens (tertiary/aromatic N) is 3. The molecule has 50 valence electrons. The maximum atomic E-state index is 4.01. The van der Waals surface area contributed by atoms with E-state index in [4.69, 9.17) is 0 Å². The zero-order chi connectivity index (χ0) is 6.97. The van der Waals surface area contributed by atoms with E-state index in [2.05, 4.69) is 10.2 Å². The second-order valence-electron chi connectivity index (χ2n) is 2.22. The Morgan fingerprint density at radius 2 is 1.90 bits per heavy atom. The highest BCUT2D eigenvalue weighted by Crippen LogP contribution is 2.04. The molecule has 2 rings (SSSR count). The summed E-state index contributed by atoms with van der Waals surface area (Å²) in [4.78, 5) is 0. The normalized spacial score (nSPS) is 10.5. The SMILES string of the molecule is Cc1ccnn2nccc12. The van der Waals surface area contributed by atoms with Crippen molar-refractivity contribution < 1.29 is 0 Å². The third-order valence-corrected chi connectivity index (χ3v) is 1.53. The Morgan fingerprint density at radius 1 is 1.20 bits per heavy atom. The quantitative estimate of drug-likeness (QED) is 0.537. The van der Waals surface area contributed by atoms with Crippen LogP contribution < -0.4 is 0 Å². The van der Waals surface area contributed by atoms with E-state index in [1.54, 1.807) is 17.0 Å². The fourth-order valence-electron chi connectivity index (χ4n) is 0.971. The predicted molar refractivity (Wildman–Crippen MR) is 37.7 cm³/mol. The van der Waals surface area contributed by atoms with E-state index in [1.165, 1.54) is 5.56 Å². The van der Waals surface area contributed by atoms with Gasteiger partial charge in [0.25, 0.3) is 0 Å². The number of aromatic nitrogens is 3. The highest BCUT2D eigenvalue weighted by atomic mass is 15.4. The largest absolute Gasteiger partial charge is 0.159 e. The molecule has 0 amide bonds. The van der Waals surface area contributed by atoms with Gasteiger partial charge in [0.1, 0.15) is 0 Å². The molecule has 0 aliphatic heterocycles. The monoisotopic (exact) mass is 133 g/mol. The number of hydrogen-bond donors (Lipinski definition) is 0. The van der Waals surface area contributed by atoms with Crippen LogP contribution in [0.15, 0.2) is 24.5 Å². The van der Waals surface area contributed by atoms with E-state index < -0.39 is 0 Å². The minimum absolute atomic E-state index is 1.07. The predicted octanol–water partition coefficient (Wildman–Crippen LogP) is 1.04. The second kappa shape index (κ2) is 1.80. The minimum atomic E-state index is 1.07. The van der Waals surface area contributed by atoms with Crippen molar-refractivity contribution in [3.8, 4) is 0 Å². The summed E-state index contributed by atoms with van der Waals surface area (Å²) in [6.45, 7) is 2.04. The van der Waals surface area contributed by atoms with Crippen molar-refractivity contribution in [1.82, 2.24) is 14.8 Å². The van der Waals surface area contributed by atoms with Gasteiger partial charge in [0.2, 0.25) is 0 Å². The smallest absolute Gasteiger partial charge is 0.0902 e. The van der Waals surface area contributed by atoms with Crippen LogP contribution in [-0.4, -0.2) is 14.8 Å². The van der Waals surface area contributed by atoms with Gasteiger partial charge in [-0.2, -0.15) is 14.8 Å². The average Bonchev–Trinajstić information content (AvgIpc) is 2.36. The first-order valence-electron chi connectivity index (χ1n) is 3.13. The molecule has 0 unspecified atom stereocenters. The number of hydrogen-bond acceptors (Lipinski definition) is 2. The Bertz CT molecular complexity index is 350. The Morgan fingerprint density at radius 3 is 2.60 bits per heavy atom. The molecule has 0 aliphatic rings. The molecular formula is C7H7N3. The molecule has 2 aromatic heterocycles. The molecule has 0 bridgehead atoms. The maximum absolute atomic E-state index is 4.01. The fourth-order valence-corrected chi connectivity index (χ4v) is 0.971. The average molecular weight is 133 g/mol. The van der Waals surface area contributed by atoms with Crippen molar-refractivity contribution in [3.05, 3.63) is 30.1 Å². The molecule has 0 aromatic carbocycles. The summed E-state index contributed by atoms with van der Waals surface area (Å²) in [5.74, 6) is 0. The number of rotatable bonds is 0. The van der Waals surface area contributed by atoms with Gasteiger partial charge in [-0.3, -0.25) is 0 Å². The molecule has 2 heterocycles. The molecule has 0 fully saturated rings. The summed E-state index contributed by atoms with van der Waals surface area (Å²) in [5, 5.41) is 7.99. The Hall–Kier alpha value is -1.38. The van der Waals surface area contributed by atoms with Gasteiger partial charge in [-0.05, 0) is 24.6 Å². The van der Waals surface area contributed by atoms with Gasteiger partial charge in [-0.15, -0.1) is 0 Å². The lowest BCUT2D eigenvalue weighted by atomic mass is 10.3. The minimum Gasteiger partial charge on any atom is -0.159 e. The second-order valence-corrected chi connectivity index (χ2v) is 2.22. The van der Waals surface area contributed by atoms with Crippen molar-refractivity contribution >= 4 is 5.52 Å². The maximum Gasteiger partial charge on any atom is 0.0902 e. The lowest BCUT2D eigenvalue weighted by Gasteiger charge is -1.92. The standard InChI is InChI=1S/C7H7N3/c1-6-2-4-8-10-7(6)3-5-9-10/h2-5H,1H3. The molecular weight excluding hydrogens is 126 g/mol. The first kappa shape index (κ1) is 5.41. The third-order valence-electron chi connectivity index (χ3n) is 1.53. The summed E-state index contributed by atoms with van der Waals surface area (Å²) >= 11 is 0. The number of fused-ring (bicyclic) bond motifs is 1. The molecule has 0 aliphatic carbocycles. The van der Waals surface area contributed by atoms with Crippen molar-refractivity contribution in [1.29, 1.82) is 0 Å².